The number of nitrogens with zero attached hydrogens (tertiary/aromatic N) is 2. The summed E-state index contributed by atoms with van der Waals surface area (Å²) in [5.41, 5.74) is 8.61. The van der Waals surface area contributed by atoms with E-state index in [9.17, 15) is 0 Å². The van der Waals surface area contributed by atoms with Crippen molar-refractivity contribution in [2.24, 2.45) is 0 Å². The quantitative estimate of drug-likeness (QED) is 0.659. The van der Waals surface area contributed by atoms with E-state index in [1.807, 2.05) is 48.5 Å². The molecular weight excluding hydrogens is 318 g/mol. The Balaban J connectivity index is 1.51. The summed E-state index contributed by atoms with van der Waals surface area (Å²) in [5, 5.41) is 6.43. The molecule has 1 aliphatic heterocycles. The van der Waals surface area contributed by atoms with Crippen LogP contribution in [0.5, 0.6) is 11.5 Å². The van der Waals surface area contributed by atoms with Crippen molar-refractivity contribution in [1.82, 2.24) is 9.97 Å². The second-order valence-electron chi connectivity index (χ2n) is 5.52. The first kappa shape index (κ1) is 15.1. The van der Waals surface area contributed by atoms with Crippen LogP contribution in [0.4, 0.5) is 23.0 Å². The Bertz CT molecular complexity index is 886. The highest BCUT2D eigenvalue weighted by molar-refractivity contribution is 5.78. The number of fused-ring (bicyclic) bond motifs is 1. The Morgan fingerprint density at radius 3 is 2.64 bits per heavy atom. The number of rotatable bonds is 5. The molecule has 7 nitrogen and oxygen atoms in total. The van der Waals surface area contributed by atoms with Crippen molar-refractivity contribution in [2.75, 3.05) is 23.2 Å². The summed E-state index contributed by atoms with van der Waals surface area (Å²) in [7, 11) is 0. The summed E-state index contributed by atoms with van der Waals surface area (Å²) in [5.74, 6) is 2.54. The topological polar surface area (TPSA) is 94.3 Å². The summed E-state index contributed by atoms with van der Waals surface area (Å²) < 4.78 is 10.7. The minimum atomic E-state index is 0.238. The normalized spacial score (nSPS) is 12.0. The van der Waals surface area contributed by atoms with Crippen LogP contribution in [0.1, 0.15) is 5.56 Å². The lowest BCUT2D eigenvalue weighted by molar-refractivity contribution is 0.174. The molecule has 0 aliphatic carbocycles. The van der Waals surface area contributed by atoms with Crippen LogP contribution in [0.2, 0.25) is 0 Å². The summed E-state index contributed by atoms with van der Waals surface area (Å²) in [4.78, 5) is 8.45. The predicted octanol–water partition coefficient (Wildman–Crippen LogP) is 3.14. The van der Waals surface area contributed by atoms with Gasteiger partial charge >= 0.3 is 0 Å². The predicted molar refractivity (Wildman–Crippen MR) is 96.1 cm³/mol. The van der Waals surface area contributed by atoms with Gasteiger partial charge in [-0.15, -0.1) is 0 Å². The third-order valence-electron chi connectivity index (χ3n) is 3.82. The first-order valence-corrected chi connectivity index (χ1v) is 7.84. The van der Waals surface area contributed by atoms with Crippen LogP contribution >= 0.6 is 0 Å². The van der Waals surface area contributed by atoms with Gasteiger partial charge in [-0.2, -0.15) is 0 Å². The summed E-state index contributed by atoms with van der Waals surface area (Å²) >= 11 is 0. The molecule has 4 N–H and O–H groups in total. The van der Waals surface area contributed by atoms with Crippen molar-refractivity contribution in [2.45, 2.75) is 6.54 Å². The highest BCUT2D eigenvalue weighted by atomic mass is 16.7. The summed E-state index contributed by atoms with van der Waals surface area (Å²) in [6, 6.07) is 15.6. The number of nitrogens with one attached hydrogen (secondary N) is 2. The number of benzene rings is 2. The minimum absolute atomic E-state index is 0.238. The van der Waals surface area contributed by atoms with Crippen LogP contribution in [0.25, 0.3) is 0 Å². The second-order valence-corrected chi connectivity index (χ2v) is 5.52. The van der Waals surface area contributed by atoms with Gasteiger partial charge in [0, 0.05) is 18.3 Å². The lowest BCUT2D eigenvalue weighted by Crippen LogP contribution is -2.08. The van der Waals surface area contributed by atoms with Crippen molar-refractivity contribution >= 4 is 23.0 Å². The van der Waals surface area contributed by atoms with Gasteiger partial charge in [0.15, 0.2) is 23.1 Å². The van der Waals surface area contributed by atoms with Crippen LogP contribution in [0.3, 0.4) is 0 Å². The first-order chi connectivity index (χ1) is 12.3. The fraction of sp³-hybridized carbons (Fsp3) is 0.111. The van der Waals surface area contributed by atoms with E-state index in [4.69, 9.17) is 15.2 Å². The van der Waals surface area contributed by atoms with Gasteiger partial charge in [-0.1, -0.05) is 30.3 Å². The Hall–Kier alpha value is -3.48. The number of ether oxygens (including phenoxy) is 2. The van der Waals surface area contributed by atoms with E-state index in [0.29, 0.717) is 29.6 Å². The Morgan fingerprint density at radius 1 is 0.960 bits per heavy atom. The molecule has 2 heterocycles. The van der Waals surface area contributed by atoms with Gasteiger partial charge in [0.25, 0.3) is 0 Å². The molecule has 0 bridgehead atoms. The van der Waals surface area contributed by atoms with Crippen molar-refractivity contribution in [1.29, 1.82) is 0 Å². The lowest BCUT2D eigenvalue weighted by atomic mass is 10.2. The van der Waals surface area contributed by atoms with E-state index in [-0.39, 0.29) is 6.79 Å². The molecule has 25 heavy (non-hydrogen) atoms. The van der Waals surface area contributed by atoms with Gasteiger partial charge in [0.2, 0.25) is 6.79 Å². The van der Waals surface area contributed by atoms with E-state index in [1.54, 1.807) is 0 Å². The lowest BCUT2D eigenvalue weighted by Gasteiger charge is -2.13. The number of nitrogen functional groups attached to an aromatic ring is 1. The number of hydrogen-bond acceptors (Lipinski definition) is 7. The highest BCUT2D eigenvalue weighted by Gasteiger charge is 2.14. The number of nitrogens with two attached hydrogens (primary N) is 1. The van der Waals surface area contributed by atoms with Gasteiger partial charge in [-0.3, -0.25) is 0 Å². The molecule has 0 fully saturated rings. The Morgan fingerprint density at radius 2 is 1.76 bits per heavy atom. The zero-order chi connectivity index (χ0) is 17.1. The molecular formula is C18H17N5O2. The van der Waals surface area contributed by atoms with Crippen molar-refractivity contribution in [3.05, 3.63) is 60.4 Å². The van der Waals surface area contributed by atoms with Crippen LogP contribution in [0.15, 0.2) is 54.9 Å². The van der Waals surface area contributed by atoms with Crippen LogP contribution in [0, 0.1) is 0 Å². The largest absolute Gasteiger partial charge is 0.454 e. The average Bonchev–Trinajstić information content (AvgIpc) is 3.11. The molecule has 0 spiro atoms. The zero-order valence-electron chi connectivity index (χ0n) is 13.4. The molecule has 2 aromatic carbocycles. The molecule has 1 aromatic heterocycles. The van der Waals surface area contributed by atoms with E-state index in [0.717, 1.165) is 17.0 Å². The van der Waals surface area contributed by atoms with Crippen LogP contribution < -0.4 is 25.8 Å². The van der Waals surface area contributed by atoms with Gasteiger partial charge in [-0.05, 0) is 17.7 Å². The fourth-order valence-corrected chi connectivity index (χ4v) is 2.53. The van der Waals surface area contributed by atoms with E-state index >= 15 is 0 Å². The molecule has 1 aliphatic rings. The number of aromatic nitrogens is 2. The summed E-state index contributed by atoms with van der Waals surface area (Å²) in [6.45, 7) is 0.869. The molecule has 126 valence electrons. The van der Waals surface area contributed by atoms with Crippen molar-refractivity contribution in [3.8, 4) is 11.5 Å². The van der Waals surface area contributed by atoms with Crippen LogP contribution in [-0.4, -0.2) is 16.8 Å². The maximum Gasteiger partial charge on any atom is 0.231 e. The SMILES string of the molecule is Nc1c(NCc2ccccc2)ncnc1Nc1ccc2c(c1)OCO2. The number of anilines is 4. The van der Waals surface area contributed by atoms with Gasteiger partial charge in [0.05, 0.1) is 0 Å². The second kappa shape index (κ2) is 6.56. The van der Waals surface area contributed by atoms with Gasteiger partial charge in [0.1, 0.15) is 12.0 Å². The Labute approximate surface area is 144 Å². The molecule has 4 rings (SSSR count). The smallest absolute Gasteiger partial charge is 0.231 e. The molecule has 3 aromatic rings. The minimum Gasteiger partial charge on any atom is -0.454 e. The molecule has 0 saturated heterocycles. The molecule has 0 atom stereocenters. The Kier molecular flexibility index (Phi) is 3.96. The average molecular weight is 335 g/mol. The molecule has 0 unspecified atom stereocenters. The number of hydrogen-bond donors (Lipinski definition) is 3. The maximum atomic E-state index is 6.20. The standard InChI is InChI=1S/C18H17N5O2/c19-16-17(20-9-12-4-2-1-3-5-12)21-10-22-18(16)23-13-6-7-14-15(8-13)25-11-24-14/h1-8,10H,9,11,19H2,(H2,20,21,22,23). The van der Waals surface area contributed by atoms with Crippen molar-refractivity contribution in [3.63, 3.8) is 0 Å². The molecule has 0 amide bonds. The fourth-order valence-electron chi connectivity index (χ4n) is 2.53. The first-order valence-electron chi connectivity index (χ1n) is 7.84. The van der Waals surface area contributed by atoms with Gasteiger partial charge in [-0.25, -0.2) is 9.97 Å². The summed E-state index contributed by atoms with van der Waals surface area (Å²) in [6.07, 6.45) is 1.47. The van der Waals surface area contributed by atoms with Gasteiger partial charge < -0.3 is 25.8 Å². The monoisotopic (exact) mass is 335 g/mol. The van der Waals surface area contributed by atoms with E-state index in [1.165, 1.54) is 6.33 Å². The van der Waals surface area contributed by atoms with Crippen LogP contribution in [-0.2, 0) is 6.54 Å². The highest BCUT2D eigenvalue weighted by Crippen LogP contribution is 2.35. The molecule has 7 heteroatoms. The van der Waals surface area contributed by atoms with E-state index in [2.05, 4.69) is 20.6 Å². The third-order valence-corrected chi connectivity index (χ3v) is 3.82. The molecule has 0 radical (unpaired) electrons. The maximum absolute atomic E-state index is 6.20. The zero-order valence-corrected chi connectivity index (χ0v) is 13.4. The van der Waals surface area contributed by atoms with E-state index < -0.39 is 0 Å². The van der Waals surface area contributed by atoms with Crippen molar-refractivity contribution < 1.29 is 9.47 Å². The third kappa shape index (κ3) is 3.25. The molecule has 0 saturated carbocycles.